The summed E-state index contributed by atoms with van der Waals surface area (Å²) in [7, 11) is 0. The second kappa shape index (κ2) is 7.41. The molecule has 0 fully saturated rings. The summed E-state index contributed by atoms with van der Waals surface area (Å²) >= 11 is 2.84. The Hall–Kier alpha value is -3.05. The molecule has 4 aromatic rings. The second-order valence-corrected chi connectivity index (χ2v) is 8.62. The SMILES string of the molecule is Cc1ccc([N+](=O)[O-])cc1NC(=O)CSc1nnc2c3c(C)c(C)sc3ncn12. The number of fused-ring (bicyclic) bond motifs is 3. The number of hydrogen-bond donors (Lipinski definition) is 1. The number of nitrogens with one attached hydrogen (secondary N) is 1. The maximum absolute atomic E-state index is 12.4. The van der Waals surface area contributed by atoms with E-state index in [9.17, 15) is 14.9 Å². The van der Waals surface area contributed by atoms with Crippen LogP contribution >= 0.6 is 23.1 Å². The Labute approximate surface area is 173 Å². The number of thiophene rings is 1. The first-order valence-electron chi connectivity index (χ1n) is 8.62. The van der Waals surface area contributed by atoms with Crippen LogP contribution in [-0.2, 0) is 4.79 Å². The number of anilines is 1. The maximum atomic E-state index is 12.4. The molecule has 4 rings (SSSR count). The van der Waals surface area contributed by atoms with Crippen LogP contribution in [0.25, 0.3) is 15.9 Å². The van der Waals surface area contributed by atoms with Crippen LogP contribution in [0.5, 0.6) is 0 Å². The van der Waals surface area contributed by atoms with Crippen LogP contribution in [0.4, 0.5) is 11.4 Å². The predicted molar refractivity (Wildman–Crippen MR) is 113 cm³/mol. The lowest BCUT2D eigenvalue weighted by Crippen LogP contribution is -2.15. The third kappa shape index (κ3) is 3.54. The van der Waals surface area contributed by atoms with Crippen molar-refractivity contribution in [2.24, 2.45) is 0 Å². The van der Waals surface area contributed by atoms with Crippen molar-refractivity contribution >= 4 is 56.2 Å². The third-order valence-corrected chi connectivity index (χ3v) is 6.64. The van der Waals surface area contributed by atoms with Gasteiger partial charge >= 0.3 is 0 Å². The van der Waals surface area contributed by atoms with Gasteiger partial charge in [-0.05, 0) is 31.9 Å². The minimum Gasteiger partial charge on any atom is -0.325 e. The van der Waals surface area contributed by atoms with E-state index in [1.54, 1.807) is 35.1 Å². The molecular weight excluding hydrogens is 412 g/mol. The van der Waals surface area contributed by atoms with Crippen LogP contribution in [-0.4, -0.2) is 36.2 Å². The maximum Gasteiger partial charge on any atom is 0.271 e. The summed E-state index contributed by atoms with van der Waals surface area (Å²) in [6, 6.07) is 4.37. The van der Waals surface area contributed by atoms with Gasteiger partial charge in [0.05, 0.1) is 21.7 Å². The number of nitro groups is 1. The van der Waals surface area contributed by atoms with E-state index >= 15 is 0 Å². The molecule has 0 aliphatic carbocycles. The molecule has 0 saturated heterocycles. The van der Waals surface area contributed by atoms with Gasteiger partial charge in [-0.25, -0.2) is 4.98 Å². The fraction of sp³-hybridized carbons (Fsp3) is 0.222. The first-order valence-corrected chi connectivity index (χ1v) is 10.4. The molecule has 148 valence electrons. The summed E-state index contributed by atoms with van der Waals surface area (Å²) < 4.78 is 1.78. The molecule has 1 amide bonds. The summed E-state index contributed by atoms with van der Waals surface area (Å²) in [5.74, 6) is -0.199. The first-order chi connectivity index (χ1) is 13.8. The van der Waals surface area contributed by atoms with Gasteiger partial charge < -0.3 is 5.32 Å². The standard InChI is InChI=1S/C18H16N6O3S2/c1-9-4-5-12(24(26)27)6-13(9)20-14(25)7-28-18-22-21-16-15-10(2)11(3)29-17(15)19-8-23(16)18/h4-6,8H,7H2,1-3H3,(H,20,25). The first kappa shape index (κ1) is 19.3. The number of hydrogen-bond acceptors (Lipinski definition) is 8. The number of nitro benzene ring substituents is 1. The van der Waals surface area contributed by atoms with E-state index in [-0.39, 0.29) is 17.3 Å². The Morgan fingerprint density at radius 3 is 2.86 bits per heavy atom. The van der Waals surface area contributed by atoms with E-state index in [2.05, 4.69) is 20.5 Å². The van der Waals surface area contributed by atoms with Gasteiger partial charge in [-0.15, -0.1) is 21.5 Å². The number of aromatic nitrogens is 4. The van der Waals surface area contributed by atoms with Crippen molar-refractivity contribution in [3.8, 4) is 0 Å². The molecule has 0 radical (unpaired) electrons. The minimum absolute atomic E-state index is 0.0708. The highest BCUT2D eigenvalue weighted by Gasteiger charge is 2.17. The molecule has 0 unspecified atom stereocenters. The molecule has 0 spiro atoms. The van der Waals surface area contributed by atoms with Crippen LogP contribution in [0, 0.1) is 30.9 Å². The zero-order chi connectivity index (χ0) is 20.7. The smallest absolute Gasteiger partial charge is 0.271 e. The summed E-state index contributed by atoms with van der Waals surface area (Å²) in [5, 5.41) is 23.7. The molecule has 29 heavy (non-hydrogen) atoms. The normalized spacial score (nSPS) is 11.3. The van der Waals surface area contributed by atoms with E-state index in [0.29, 0.717) is 16.5 Å². The molecule has 0 bridgehead atoms. The van der Waals surface area contributed by atoms with E-state index < -0.39 is 4.92 Å². The van der Waals surface area contributed by atoms with Crippen molar-refractivity contribution in [1.82, 2.24) is 19.6 Å². The molecule has 0 saturated carbocycles. The number of aryl methyl sites for hydroxylation is 3. The zero-order valence-corrected chi connectivity index (χ0v) is 17.4. The average molecular weight is 428 g/mol. The van der Waals surface area contributed by atoms with Gasteiger partial charge in [0.25, 0.3) is 5.69 Å². The monoisotopic (exact) mass is 428 g/mol. The predicted octanol–water partition coefficient (Wildman–Crippen LogP) is 3.90. The molecule has 0 atom stereocenters. The van der Waals surface area contributed by atoms with Crippen LogP contribution in [0.1, 0.15) is 16.0 Å². The van der Waals surface area contributed by atoms with Crippen LogP contribution in [0.15, 0.2) is 29.7 Å². The molecule has 1 aromatic carbocycles. The van der Waals surface area contributed by atoms with Gasteiger partial charge in [-0.1, -0.05) is 17.8 Å². The number of rotatable bonds is 5. The lowest BCUT2D eigenvalue weighted by Gasteiger charge is -2.07. The Morgan fingerprint density at radius 1 is 1.31 bits per heavy atom. The summed E-state index contributed by atoms with van der Waals surface area (Å²) in [6.07, 6.45) is 1.66. The number of carbonyl (C=O) groups is 1. The number of amides is 1. The molecule has 0 aliphatic heterocycles. The Kier molecular flexibility index (Phi) is 4.92. The van der Waals surface area contributed by atoms with Gasteiger partial charge in [-0.2, -0.15) is 0 Å². The molecule has 0 aliphatic rings. The highest BCUT2D eigenvalue weighted by molar-refractivity contribution is 7.99. The number of nitrogens with zero attached hydrogens (tertiary/aromatic N) is 5. The molecule has 3 heterocycles. The lowest BCUT2D eigenvalue weighted by atomic mass is 10.2. The van der Waals surface area contributed by atoms with Crippen molar-refractivity contribution in [2.75, 3.05) is 11.1 Å². The van der Waals surface area contributed by atoms with Crippen molar-refractivity contribution in [3.05, 3.63) is 50.6 Å². The van der Waals surface area contributed by atoms with Gasteiger partial charge in [0.2, 0.25) is 5.91 Å². The van der Waals surface area contributed by atoms with E-state index in [1.807, 2.05) is 13.8 Å². The average Bonchev–Trinajstić information content (AvgIpc) is 3.22. The Balaban J connectivity index is 1.53. The summed E-state index contributed by atoms with van der Waals surface area (Å²) in [5.41, 5.74) is 2.94. The summed E-state index contributed by atoms with van der Waals surface area (Å²) in [6.45, 7) is 5.86. The van der Waals surface area contributed by atoms with E-state index in [0.717, 1.165) is 21.3 Å². The fourth-order valence-electron chi connectivity index (χ4n) is 2.90. The number of benzene rings is 1. The number of non-ortho nitro benzene ring substituents is 1. The molecule has 1 N–H and O–H groups in total. The Morgan fingerprint density at radius 2 is 2.10 bits per heavy atom. The minimum atomic E-state index is -0.492. The quantitative estimate of drug-likeness (QED) is 0.291. The van der Waals surface area contributed by atoms with Crippen molar-refractivity contribution in [2.45, 2.75) is 25.9 Å². The van der Waals surface area contributed by atoms with Gasteiger partial charge in [0, 0.05) is 17.0 Å². The van der Waals surface area contributed by atoms with Crippen molar-refractivity contribution in [1.29, 1.82) is 0 Å². The van der Waals surface area contributed by atoms with Crippen LogP contribution in [0.3, 0.4) is 0 Å². The Bertz CT molecular complexity index is 1280. The topological polar surface area (TPSA) is 115 Å². The second-order valence-electron chi connectivity index (χ2n) is 6.48. The van der Waals surface area contributed by atoms with Crippen LogP contribution in [0.2, 0.25) is 0 Å². The fourth-order valence-corrected chi connectivity index (χ4v) is 4.59. The van der Waals surface area contributed by atoms with E-state index in [1.165, 1.54) is 28.8 Å². The lowest BCUT2D eigenvalue weighted by molar-refractivity contribution is -0.384. The van der Waals surface area contributed by atoms with Crippen molar-refractivity contribution in [3.63, 3.8) is 0 Å². The van der Waals surface area contributed by atoms with Gasteiger partial charge in [0.15, 0.2) is 10.8 Å². The van der Waals surface area contributed by atoms with Gasteiger partial charge in [-0.3, -0.25) is 19.3 Å². The zero-order valence-electron chi connectivity index (χ0n) is 15.8. The molecule has 9 nitrogen and oxygen atoms in total. The van der Waals surface area contributed by atoms with E-state index in [4.69, 9.17) is 0 Å². The van der Waals surface area contributed by atoms with Crippen LogP contribution < -0.4 is 5.32 Å². The molecular formula is C18H16N6O3S2. The largest absolute Gasteiger partial charge is 0.325 e. The summed E-state index contributed by atoms with van der Waals surface area (Å²) in [4.78, 5) is 29.4. The van der Waals surface area contributed by atoms with Gasteiger partial charge in [0.1, 0.15) is 11.2 Å². The number of carbonyl (C=O) groups excluding carboxylic acids is 1. The highest BCUT2D eigenvalue weighted by Crippen LogP contribution is 2.32. The van der Waals surface area contributed by atoms with Crippen molar-refractivity contribution < 1.29 is 9.72 Å². The highest BCUT2D eigenvalue weighted by atomic mass is 32.2. The molecule has 11 heteroatoms. The third-order valence-electron chi connectivity index (χ3n) is 4.58. The number of thioether (sulfide) groups is 1. The molecule has 3 aromatic heterocycles.